The molecule has 4 heteroatoms. The molecule has 146 valence electrons. The molecule has 0 aromatic heterocycles. The largest absolute Gasteiger partial charge is 0.345 e. The molecule has 1 aliphatic carbocycles. The summed E-state index contributed by atoms with van der Waals surface area (Å²) < 4.78 is 0. The number of carbonyl (C=O) groups excluding carboxylic acids is 2. The molecule has 3 aromatic carbocycles. The summed E-state index contributed by atoms with van der Waals surface area (Å²) in [6.07, 6.45) is 1.97. The summed E-state index contributed by atoms with van der Waals surface area (Å²) in [6, 6.07) is 25.0. The van der Waals surface area contributed by atoms with Crippen molar-refractivity contribution in [1.29, 1.82) is 0 Å². The topological polar surface area (TPSA) is 58.2 Å². The lowest BCUT2D eigenvalue weighted by Crippen LogP contribution is -2.27. The van der Waals surface area contributed by atoms with Crippen molar-refractivity contribution in [3.05, 3.63) is 90.0 Å². The minimum atomic E-state index is -0.153. The Kier molecular flexibility index (Phi) is 5.43. The number of anilines is 1. The first kappa shape index (κ1) is 18.9. The summed E-state index contributed by atoms with van der Waals surface area (Å²) in [5.41, 5.74) is 4.36. The van der Waals surface area contributed by atoms with E-state index in [1.807, 2.05) is 85.8 Å². The van der Waals surface area contributed by atoms with Crippen LogP contribution in [-0.2, 0) is 4.79 Å². The van der Waals surface area contributed by atoms with Gasteiger partial charge in [-0.1, -0.05) is 60.7 Å². The van der Waals surface area contributed by atoms with Crippen molar-refractivity contribution < 1.29 is 9.59 Å². The van der Waals surface area contributed by atoms with E-state index in [9.17, 15) is 9.59 Å². The van der Waals surface area contributed by atoms with Gasteiger partial charge in [-0.2, -0.15) is 0 Å². The second kappa shape index (κ2) is 8.31. The Morgan fingerprint density at radius 1 is 0.862 bits per heavy atom. The normalized spacial score (nSPS) is 14.1. The van der Waals surface area contributed by atoms with Gasteiger partial charge in [0, 0.05) is 17.2 Å². The highest BCUT2D eigenvalue weighted by Crippen LogP contribution is 2.30. The monoisotopic (exact) mass is 384 g/mol. The van der Waals surface area contributed by atoms with Crippen molar-refractivity contribution in [2.24, 2.45) is 5.92 Å². The molecule has 1 aliphatic rings. The van der Waals surface area contributed by atoms with E-state index in [4.69, 9.17) is 0 Å². The second-order valence-corrected chi connectivity index (χ2v) is 7.49. The Labute approximate surface area is 171 Å². The summed E-state index contributed by atoms with van der Waals surface area (Å²) >= 11 is 0. The van der Waals surface area contributed by atoms with Gasteiger partial charge in [-0.05, 0) is 54.7 Å². The van der Waals surface area contributed by atoms with E-state index in [1.165, 1.54) is 0 Å². The third kappa shape index (κ3) is 4.54. The van der Waals surface area contributed by atoms with Crippen LogP contribution in [0.4, 0.5) is 5.69 Å². The molecule has 2 amide bonds. The van der Waals surface area contributed by atoms with E-state index in [-0.39, 0.29) is 23.8 Å². The van der Waals surface area contributed by atoms with Crippen molar-refractivity contribution in [2.75, 3.05) is 5.32 Å². The molecular formula is C25H24N2O2. The maximum Gasteiger partial charge on any atom is 0.252 e. The molecule has 0 spiro atoms. The molecule has 0 saturated heterocycles. The number of hydrogen-bond donors (Lipinski definition) is 2. The van der Waals surface area contributed by atoms with E-state index in [1.54, 1.807) is 0 Å². The van der Waals surface area contributed by atoms with Gasteiger partial charge in [-0.15, -0.1) is 0 Å². The molecule has 2 N–H and O–H groups in total. The number of amides is 2. The standard InChI is InChI=1S/C25H24N2O2/c1-17(18-13-15-21(16-14-18)27-24(28)20-11-12-20)26-25(29)23-10-6-5-9-22(23)19-7-3-2-4-8-19/h2-10,13-17,20H,11-12H2,1H3,(H,26,29)(H,27,28)/t17-/m0/s1. The van der Waals surface area contributed by atoms with Crippen LogP contribution in [0.3, 0.4) is 0 Å². The van der Waals surface area contributed by atoms with Gasteiger partial charge in [0.05, 0.1) is 6.04 Å². The highest BCUT2D eigenvalue weighted by Gasteiger charge is 2.29. The van der Waals surface area contributed by atoms with Crippen molar-refractivity contribution >= 4 is 17.5 Å². The van der Waals surface area contributed by atoms with Crippen LogP contribution in [0.2, 0.25) is 0 Å². The van der Waals surface area contributed by atoms with Crippen molar-refractivity contribution in [2.45, 2.75) is 25.8 Å². The fraction of sp³-hybridized carbons (Fsp3) is 0.200. The molecule has 0 radical (unpaired) electrons. The van der Waals surface area contributed by atoms with Crippen molar-refractivity contribution in [3.63, 3.8) is 0 Å². The van der Waals surface area contributed by atoms with Gasteiger partial charge in [-0.3, -0.25) is 9.59 Å². The third-order valence-corrected chi connectivity index (χ3v) is 5.23. The number of carbonyl (C=O) groups is 2. The maximum atomic E-state index is 12.9. The summed E-state index contributed by atoms with van der Waals surface area (Å²) in [4.78, 5) is 24.8. The van der Waals surface area contributed by atoms with Gasteiger partial charge < -0.3 is 10.6 Å². The first-order valence-electron chi connectivity index (χ1n) is 9.98. The molecule has 1 saturated carbocycles. The summed E-state index contributed by atoms with van der Waals surface area (Å²) in [5.74, 6) is 0.164. The van der Waals surface area contributed by atoms with Gasteiger partial charge in [0.15, 0.2) is 0 Å². The van der Waals surface area contributed by atoms with Crippen LogP contribution in [0.25, 0.3) is 11.1 Å². The third-order valence-electron chi connectivity index (χ3n) is 5.23. The quantitative estimate of drug-likeness (QED) is 0.614. The average molecular weight is 384 g/mol. The van der Waals surface area contributed by atoms with Crippen LogP contribution in [0.15, 0.2) is 78.9 Å². The molecule has 3 aromatic rings. The molecule has 0 heterocycles. The van der Waals surface area contributed by atoms with Crippen molar-refractivity contribution in [3.8, 4) is 11.1 Å². The molecule has 1 fully saturated rings. The van der Waals surface area contributed by atoms with Gasteiger partial charge >= 0.3 is 0 Å². The number of nitrogens with one attached hydrogen (secondary N) is 2. The Bertz CT molecular complexity index is 1010. The van der Waals surface area contributed by atoms with E-state index in [2.05, 4.69) is 10.6 Å². The smallest absolute Gasteiger partial charge is 0.252 e. The van der Waals surface area contributed by atoms with E-state index >= 15 is 0 Å². The van der Waals surface area contributed by atoms with Crippen LogP contribution in [-0.4, -0.2) is 11.8 Å². The maximum absolute atomic E-state index is 12.9. The van der Waals surface area contributed by atoms with Gasteiger partial charge in [0.1, 0.15) is 0 Å². The Hall–Kier alpha value is -3.40. The van der Waals surface area contributed by atoms with Crippen molar-refractivity contribution in [1.82, 2.24) is 5.32 Å². The lowest BCUT2D eigenvalue weighted by atomic mass is 9.98. The lowest BCUT2D eigenvalue weighted by Gasteiger charge is -2.17. The zero-order chi connectivity index (χ0) is 20.2. The lowest BCUT2D eigenvalue weighted by molar-refractivity contribution is -0.117. The van der Waals surface area contributed by atoms with E-state index in [0.717, 1.165) is 35.2 Å². The van der Waals surface area contributed by atoms with E-state index in [0.29, 0.717) is 5.56 Å². The predicted octanol–water partition coefficient (Wildman–Crippen LogP) is 5.19. The SMILES string of the molecule is C[C@H](NC(=O)c1ccccc1-c1ccccc1)c1ccc(NC(=O)C2CC2)cc1. The fourth-order valence-electron chi connectivity index (χ4n) is 3.35. The van der Waals surface area contributed by atoms with E-state index < -0.39 is 0 Å². The summed E-state index contributed by atoms with van der Waals surface area (Å²) in [5, 5.41) is 6.02. The highest BCUT2D eigenvalue weighted by atomic mass is 16.2. The second-order valence-electron chi connectivity index (χ2n) is 7.49. The first-order chi connectivity index (χ1) is 14.1. The fourth-order valence-corrected chi connectivity index (χ4v) is 3.35. The van der Waals surface area contributed by atoms with Crippen LogP contribution in [0.5, 0.6) is 0 Å². The summed E-state index contributed by atoms with van der Waals surface area (Å²) in [6.45, 7) is 1.96. The molecule has 0 unspecified atom stereocenters. The van der Waals surface area contributed by atoms with Gasteiger partial charge in [0.25, 0.3) is 5.91 Å². The minimum Gasteiger partial charge on any atom is -0.345 e. The van der Waals surface area contributed by atoms with Gasteiger partial charge in [0.2, 0.25) is 5.91 Å². The van der Waals surface area contributed by atoms with Crippen LogP contribution in [0.1, 0.15) is 41.7 Å². The van der Waals surface area contributed by atoms with Crippen LogP contribution < -0.4 is 10.6 Å². The molecule has 0 bridgehead atoms. The number of hydrogen-bond acceptors (Lipinski definition) is 2. The number of rotatable bonds is 6. The minimum absolute atomic E-state index is 0.0941. The molecule has 4 nitrogen and oxygen atoms in total. The average Bonchev–Trinajstić information content (AvgIpc) is 3.60. The zero-order valence-corrected chi connectivity index (χ0v) is 16.4. The summed E-state index contributed by atoms with van der Waals surface area (Å²) in [7, 11) is 0. The van der Waals surface area contributed by atoms with Gasteiger partial charge in [-0.25, -0.2) is 0 Å². The molecule has 4 rings (SSSR count). The molecule has 29 heavy (non-hydrogen) atoms. The van der Waals surface area contributed by atoms with Crippen LogP contribution >= 0.6 is 0 Å². The Morgan fingerprint density at radius 2 is 1.52 bits per heavy atom. The first-order valence-corrected chi connectivity index (χ1v) is 9.98. The Balaban J connectivity index is 1.45. The molecular weight excluding hydrogens is 360 g/mol. The number of benzene rings is 3. The molecule has 0 aliphatic heterocycles. The van der Waals surface area contributed by atoms with Crippen LogP contribution in [0, 0.1) is 5.92 Å². The molecule has 1 atom stereocenters. The predicted molar refractivity (Wildman–Crippen MR) is 116 cm³/mol. The Morgan fingerprint density at radius 3 is 2.21 bits per heavy atom. The zero-order valence-electron chi connectivity index (χ0n) is 16.4. The highest BCUT2D eigenvalue weighted by molar-refractivity contribution is 6.01.